The van der Waals surface area contributed by atoms with E-state index < -0.39 is 50.3 Å². The van der Waals surface area contributed by atoms with Crippen LogP contribution in [0.4, 0.5) is 35.9 Å². The molecule has 0 fully saturated rings. The summed E-state index contributed by atoms with van der Waals surface area (Å²) in [5, 5.41) is -4.02. The van der Waals surface area contributed by atoms with Gasteiger partial charge in [-0.05, 0) is 74.9 Å². The number of rotatable bonds is 16. The molecular weight excluding hydrogens is 892 g/mol. The van der Waals surface area contributed by atoms with Crippen LogP contribution in [0.3, 0.4) is 0 Å². The molecule has 0 aliphatic rings. The molecule has 0 heterocycles. The van der Waals surface area contributed by atoms with Crippen LogP contribution in [0.25, 0.3) is 0 Å². The zero-order chi connectivity index (χ0) is 47.3. The van der Waals surface area contributed by atoms with E-state index in [0.29, 0.717) is 11.1 Å². The van der Waals surface area contributed by atoms with Gasteiger partial charge in [-0.2, -0.15) is 26.3 Å². The van der Waals surface area contributed by atoms with Gasteiger partial charge < -0.3 is 27.6 Å². The van der Waals surface area contributed by atoms with Gasteiger partial charge in [0, 0.05) is 11.1 Å². The maximum absolute atomic E-state index is 14.4. The Balaban J connectivity index is 0.000000340. The highest BCUT2D eigenvalue weighted by Crippen LogP contribution is 2.65. The van der Waals surface area contributed by atoms with Crippen molar-refractivity contribution in [3.63, 3.8) is 0 Å². The Labute approximate surface area is 367 Å². The van der Waals surface area contributed by atoms with Crippen molar-refractivity contribution in [3.05, 3.63) is 144 Å². The molecule has 12 nitrogen and oxygen atoms in total. The molecule has 0 bridgehead atoms. The van der Waals surface area contributed by atoms with Crippen molar-refractivity contribution in [1.82, 2.24) is 10.6 Å². The van der Waals surface area contributed by atoms with Crippen LogP contribution in [0.2, 0.25) is 0 Å². The summed E-state index contributed by atoms with van der Waals surface area (Å²) in [6.45, 7) is 3.31. The van der Waals surface area contributed by atoms with Crippen LogP contribution in [-0.2, 0) is 49.9 Å². The monoisotopic (exact) mass is 938 g/mol. The van der Waals surface area contributed by atoms with Gasteiger partial charge in [0.25, 0.3) is 0 Å². The first-order valence-corrected chi connectivity index (χ1v) is 22.5. The molecule has 344 valence electrons. The van der Waals surface area contributed by atoms with Crippen molar-refractivity contribution >= 4 is 27.4 Å². The maximum Gasteiger partial charge on any atom is 0.435 e. The fourth-order valence-electron chi connectivity index (χ4n) is 5.25. The first-order valence-electron chi connectivity index (χ1n) is 19.4. The van der Waals surface area contributed by atoms with Gasteiger partial charge in [-0.15, -0.1) is 0 Å². The van der Waals surface area contributed by atoms with E-state index in [1.165, 1.54) is 52.0 Å². The summed E-state index contributed by atoms with van der Waals surface area (Å²) >= 11 is 0. The Bertz CT molecular complexity index is 2120. The van der Waals surface area contributed by atoms with Crippen LogP contribution < -0.4 is 10.6 Å². The van der Waals surface area contributed by atoms with E-state index in [0.717, 1.165) is 0 Å². The first-order chi connectivity index (χ1) is 30.3. The Morgan fingerprint density at radius 3 is 1.00 bits per heavy atom. The van der Waals surface area contributed by atoms with E-state index in [1.807, 2.05) is 11.8 Å². The SMILES string of the molecule is CCOP(=O)(OCC)[C@](C#Cc1ccccc1)(NC(=O)OCc1ccccc1)C(F)(F)F.CCOP(=O)(OCC)[C@](C#Cc1ccccc1)(NC(=O)OCc1ccccc1)C(F)(F)F. The lowest BCUT2D eigenvalue weighted by atomic mass is 10.2. The normalized spacial score (nSPS) is 13.4. The average Bonchev–Trinajstić information content (AvgIpc) is 3.26. The van der Waals surface area contributed by atoms with E-state index in [-0.39, 0.29) is 50.8 Å². The quantitative estimate of drug-likeness (QED) is 0.0632. The summed E-state index contributed by atoms with van der Waals surface area (Å²) in [5.41, 5.74) is 1.52. The molecule has 0 spiro atoms. The average molecular weight is 939 g/mol. The topological polar surface area (TPSA) is 148 Å². The molecule has 4 aromatic rings. The van der Waals surface area contributed by atoms with Crippen LogP contribution >= 0.6 is 15.2 Å². The van der Waals surface area contributed by atoms with Crippen molar-refractivity contribution in [2.75, 3.05) is 26.4 Å². The molecule has 2 atom stereocenters. The molecule has 0 saturated carbocycles. The van der Waals surface area contributed by atoms with Gasteiger partial charge in [-0.25, -0.2) is 9.59 Å². The summed E-state index contributed by atoms with van der Waals surface area (Å²) in [4.78, 5) is 24.8. The fraction of sp³-hybridized carbons (Fsp3) is 0.318. The van der Waals surface area contributed by atoms with E-state index in [2.05, 4.69) is 11.8 Å². The minimum atomic E-state index is -5.33. The summed E-state index contributed by atoms with van der Waals surface area (Å²) in [7, 11) is -10.2. The molecule has 4 aromatic carbocycles. The van der Waals surface area contributed by atoms with Crippen molar-refractivity contribution in [2.45, 2.75) is 63.8 Å². The molecule has 0 unspecified atom stereocenters. The number of carbonyl (C=O) groups is 2. The van der Waals surface area contributed by atoms with Gasteiger partial charge in [0.2, 0.25) is 0 Å². The second kappa shape index (κ2) is 24.5. The van der Waals surface area contributed by atoms with Gasteiger partial charge in [-0.1, -0.05) is 109 Å². The second-order valence-corrected chi connectivity index (χ2v) is 17.1. The third-order valence-electron chi connectivity index (χ3n) is 8.15. The Kier molecular flexibility index (Phi) is 20.2. The number of ether oxygens (including phenoxy) is 2. The summed E-state index contributed by atoms with van der Waals surface area (Å²) in [6, 6.07) is 32.2. The third-order valence-corrected chi connectivity index (χ3v) is 13.1. The number of hydrogen-bond acceptors (Lipinski definition) is 10. The minimum Gasteiger partial charge on any atom is -0.445 e. The largest absolute Gasteiger partial charge is 0.445 e. The van der Waals surface area contributed by atoms with E-state index in [4.69, 9.17) is 27.6 Å². The van der Waals surface area contributed by atoms with Crippen molar-refractivity contribution in [1.29, 1.82) is 0 Å². The molecule has 4 rings (SSSR count). The lowest BCUT2D eigenvalue weighted by Crippen LogP contribution is -2.58. The first kappa shape index (κ1) is 52.8. The highest BCUT2D eigenvalue weighted by atomic mass is 31.2. The van der Waals surface area contributed by atoms with Gasteiger partial charge in [-0.3, -0.25) is 19.8 Å². The van der Waals surface area contributed by atoms with Crippen molar-refractivity contribution in [2.24, 2.45) is 0 Å². The number of halogens is 6. The smallest absolute Gasteiger partial charge is 0.435 e. The van der Waals surface area contributed by atoms with Crippen molar-refractivity contribution < 1.29 is 72.6 Å². The number of carbonyl (C=O) groups excluding carboxylic acids is 2. The lowest BCUT2D eigenvalue weighted by Gasteiger charge is -2.36. The van der Waals surface area contributed by atoms with Gasteiger partial charge in [0.15, 0.2) is 0 Å². The summed E-state index contributed by atoms with van der Waals surface area (Å²) in [6.07, 6.45) is -13.6. The zero-order valence-corrected chi connectivity index (χ0v) is 36.8. The van der Waals surface area contributed by atoms with Crippen LogP contribution in [0, 0.1) is 23.7 Å². The van der Waals surface area contributed by atoms with E-state index >= 15 is 0 Å². The summed E-state index contributed by atoms with van der Waals surface area (Å²) < 4.78 is 143. The van der Waals surface area contributed by atoms with Gasteiger partial charge in [0.1, 0.15) is 13.2 Å². The van der Waals surface area contributed by atoms with Crippen LogP contribution in [0.1, 0.15) is 49.9 Å². The Hall–Kier alpha value is -5.58. The highest BCUT2D eigenvalue weighted by molar-refractivity contribution is 7.56. The molecule has 64 heavy (non-hydrogen) atoms. The molecule has 0 radical (unpaired) electrons. The zero-order valence-electron chi connectivity index (χ0n) is 35.0. The predicted octanol–water partition coefficient (Wildman–Crippen LogP) is 11.0. The molecule has 20 heteroatoms. The second-order valence-electron chi connectivity index (χ2n) is 12.7. The molecule has 2 N–H and O–H groups in total. The standard InChI is InChI=1S/2C22H23F3NO5P/c2*1-3-30-32(28,31-4-2)21(22(23,24)25,16-15-18-11-7-5-8-12-18)26-20(27)29-17-19-13-9-6-10-14-19/h2*5-14H,3-4,17H2,1-2H3,(H,26,27)/t2*21-/m00/s1. The molecular formula is C44H46F6N2O10P2. The van der Waals surface area contributed by atoms with Crippen molar-refractivity contribution in [3.8, 4) is 23.7 Å². The molecule has 0 aromatic heterocycles. The van der Waals surface area contributed by atoms with Crippen LogP contribution in [0.5, 0.6) is 0 Å². The number of amides is 2. The van der Waals surface area contributed by atoms with E-state index in [9.17, 15) is 45.1 Å². The van der Waals surface area contributed by atoms with Crippen LogP contribution in [0.15, 0.2) is 121 Å². The van der Waals surface area contributed by atoms with Gasteiger partial charge >= 0.3 is 50.3 Å². The number of hydrogen-bond donors (Lipinski definition) is 2. The summed E-state index contributed by atoms with van der Waals surface area (Å²) in [5.74, 6) is 8.50. The molecule has 0 saturated heterocycles. The molecule has 0 aliphatic heterocycles. The Morgan fingerprint density at radius 1 is 0.484 bits per heavy atom. The van der Waals surface area contributed by atoms with Crippen LogP contribution in [-0.4, -0.2) is 61.5 Å². The third kappa shape index (κ3) is 14.2. The number of nitrogens with one attached hydrogen (secondary N) is 2. The maximum atomic E-state index is 14.4. The predicted molar refractivity (Wildman–Crippen MR) is 225 cm³/mol. The fourth-order valence-corrected chi connectivity index (χ4v) is 9.00. The number of alkyl carbamates (subject to hydrolysis) is 2. The molecule has 2 amide bonds. The number of benzene rings is 4. The highest BCUT2D eigenvalue weighted by Gasteiger charge is 2.70. The Morgan fingerprint density at radius 2 is 0.750 bits per heavy atom. The lowest BCUT2D eigenvalue weighted by molar-refractivity contribution is -0.160. The van der Waals surface area contributed by atoms with E-state index in [1.54, 1.807) is 108 Å². The molecule has 0 aliphatic carbocycles. The number of alkyl halides is 6. The van der Waals surface area contributed by atoms with Gasteiger partial charge in [0.05, 0.1) is 26.4 Å². The minimum absolute atomic E-state index is 0.208.